The van der Waals surface area contributed by atoms with E-state index in [1.807, 2.05) is 23.6 Å². The van der Waals surface area contributed by atoms with E-state index in [9.17, 15) is 4.79 Å². The molecule has 2 aromatic rings. The van der Waals surface area contributed by atoms with Crippen molar-refractivity contribution in [2.24, 2.45) is 0 Å². The second-order valence-electron chi connectivity index (χ2n) is 3.88. The van der Waals surface area contributed by atoms with Crippen molar-refractivity contribution in [3.8, 4) is 0 Å². The number of aromatic nitrogens is 3. The fourth-order valence-electron chi connectivity index (χ4n) is 1.67. The molecule has 0 fully saturated rings. The van der Waals surface area contributed by atoms with Crippen molar-refractivity contribution >= 4 is 34.1 Å². The Bertz CT molecular complexity index is 632. The molecule has 1 heterocycles. The van der Waals surface area contributed by atoms with Crippen LogP contribution in [0.1, 0.15) is 23.1 Å². The van der Waals surface area contributed by atoms with Crippen LogP contribution in [0.25, 0.3) is 0 Å². The number of carbonyl (C=O) groups is 1. The second kappa shape index (κ2) is 6.12. The maximum Gasteiger partial charge on any atom is 0.251 e. The molecule has 2 rings (SSSR count). The Morgan fingerprint density at radius 2 is 2.16 bits per heavy atom. The molecule has 0 aliphatic carbocycles. The summed E-state index contributed by atoms with van der Waals surface area (Å²) < 4.78 is 3.35. The minimum Gasteiger partial charge on any atom is -0.345 e. The molecule has 1 aromatic heterocycles. The molecule has 100 valence electrons. The average Bonchev–Trinajstić information content (AvgIpc) is 2.77. The van der Waals surface area contributed by atoms with Gasteiger partial charge in [0.25, 0.3) is 5.91 Å². The van der Waals surface area contributed by atoms with Crippen LogP contribution >= 0.6 is 28.1 Å². The first-order valence-corrected chi connectivity index (χ1v) is 6.99. The van der Waals surface area contributed by atoms with Gasteiger partial charge in [0.05, 0.1) is 6.54 Å². The molecule has 0 bridgehead atoms. The van der Waals surface area contributed by atoms with Gasteiger partial charge in [0, 0.05) is 16.6 Å². The number of halogens is 1. The number of nitrogens with zero attached hydrogens (tertiary/aromatic N) is 2. The SMILES string of the molecule is CCn1c(CNC(=O)c2ccc(Br)cc2)n[nH]c1=S. The standard InChI is InChI=1S/C12H13BrN4OS/c1-2-17-10(15-16-12(17)19)7-14-11(18)8-3-5-9(13)6-4-8/h3-6H,2,7H2,1H3,(H,14,18)(H,16,19). The summed E-state index contributed by atoms with van der Waals surface area (Å²) in [6, 6.07) is 7.18. The Morgan fingerprint density at radius 3 is 2.79 bits per heavy atom. The molecule has 0 spiro atoms. The monoisotopic (exact) mass is 340 g/mol. The highest BCUT2D eigenvalue weighted by molar-refractivity contribution is 9.10. The second-order valence-corrected chi connectivity index (χ2v) is 5.18. The summed E-state index contributed by atoms with van der Waals surface area (Å²) in [7, 11) is 0. The first-order valence-electron chi connectivity index (χ1n) is 5.79. The third kappa shape index (κ3) is 3.30. The van der Waals surface area contributed by atoms with Gasteiger partial charge < -0.3 is 9.88 Å². The third-order valence-corrected chi connectivity index (χ3v) is 3.51. The number of hydrogen-bond acceptors (Lipinski definition) is 3. The van der Waals surface area contributed by atoms with Crippen LogP contribution in [0.3, 0.4) is 0 Å². The van der Waals surface area contributed by atoms with E-state index in [0.717, 1.165) is 16.8 Å². The normalized spacial score (nSPS) is 10.4. The summed E-state index contributed by atoms with van der Waals surface area (Å²) >= 11 is 8.42. The van der Waals surface area contributed by atoms with Gasteiger partial charge in [-0.05, 0) is 43.4 Å². The van der Waals surface area contributed by atoms with Crippen molar-refractivity contribution in [2.45, 2.75) is 20.0 Å². The van der Waals surface area contributed by atoms with E-state index in [4.69, 9.17) is 12.2 Å². The quantitative estimate of drug-likeness (QED) is 0.841. The number of carbonyl (C=O) groups excluding carboxylic acids is 1. The summed E-state index contributed by atoms with van der Waals surface area (Å²) in [5, 5.41) is 9.63. The average molecular weight is 341 g/mol. The van der Waals surface area contributed by atoms with Crippen molar-refractivity contribution in [2.75, 3.05) is 0 Å². The van der Waals surface area contributed by atoms with Gasteiger partial charge >= 0.3 is 0 Å². The minimum absolute atomic E-state index is 0.135. The van der Waals surface area contributed by atoms with E-state index < -0.39 is 0 Å². The maximum atomic E-state index is 11.9. The first kappa shape index (κ1) is 14.0. The molecule has 5 nitrogen and oxygen atoms in total. The third-order valence-electron chi connectivity index (χ3n) is 2.67. The van der Waals surface area contributed by atoms with Gasteiger partial charge in [-0.15, -0.1) is 0 Å². The zero-order valence-electron chi connectivity index (χ0n) is 10.3. The Kier molecular flexibility index (Phi) is 4.49. The molecule has 0 unspecified atom stereocenters. The highest BCUT2D eigenvalue weighted by Gasteiger charge is 2.08. The number of amides is 1. The van der Waals surface area contributed by atoms with Crippen LogP contribution < -0.4 is 5.32 Å². The van der Waals surface area contributed by atoms with Crippen molar-refractivity contribution in [1.82, 2.24) is 20.1 Å². The van der Waals surface area contributed by atoms with Gasteiger partial charge in [-0.3, -0.25) is 9.89 Å². The van der Waals surface area contributed by atoms with Crippen LogP contribution in [0.4, 0.5) is 0 Å². The van der Waals surface area contributed by atoms with Gasteiger partial charge in [-0.1, -0.05) is 15.9 Å². The molecule has 0 saturated carbocycles. The lowest BCUT2D eigenvalue weighted by molar-refractivity contribution is 0.0949. The van der Waals surface area contributed by atoms with E-state index in [1.54, 1.807) is 12.1 Å². The molecule has 19 heavy (non-hydrogen) atoms. The summed E-state index contributed by atoms with van der Waals surface area (Å²) in [6.07, 6.45) is 0. The molecule has 0 atom stereocenters. The van der Waals surface area contributed by atoms with E-state index in [0.29, 0.717) is 16.9 Å². The Hall–Kier alpha value is -1.47. The molecule has 1 amide bonds. The van der Waals surface area contributed by atoms with Gasteiger partial charge in [-0.2, -0.15) is 5.10 Å². The minimum atomic E-state index is -0.135. The summed E-state index contributed by atoms with van der Waals surface area (Å²) in [5.74, 6) is 0.585. The van der Waals surface area contributed by atoms with Crippen LogP contribution in [-0.4, -0.2) is 20.7 Å². The lowest BCUT2D eigenvalue weighted by atomic mass is 10.2. The predicted octanol–water partition coefficient (Wildman–Crippen LogP) is 2.65. The summed E-state index contributed by atoms with van der Waals surface area (Å²) in [4.78, 5) is 11.9. The molecule has 0 aliphatic heterocycles. The van der Waals surface area contributed by atoms with Crippen LogP contribution in [0.15, 0.2) is 28.7 Å². The summed E-state index contributed by atoms with van der Waals surface area (Å²) in [6.45, 7) is 3.04. The lowest BCUT2D eigenvalue weighted by Gasteiger charge is -2.06. The maximum absolute atomic E-state index is 11.9. The van der Waals surface area contributed by atoms with Crippen LogP contribution in [0, 0.1) is 4.77 Å². The fourth-order valence-corrected chi connectivity index (χ4v) is 2.22. The van der Waals surface area contributed by atoms with Gasteiger partial charge in [0.1, 0.15) is 0 Å². The molecule has 0 radical (unpaired) electrons. The molecule has 2 N–H and O–H groups in total. The Labute approximate surface area is 124 Å². The highest BCUT2D eigenvalue weighted by atomic mass is 79.9. The number of hydrogen-bond donors (Lipinski definition) is 2. The fraction of sp³-hybridized carbons (Fsp3) is 0.250. The molecular weight excluding hydrogens is 328 g/mol. The zero-order chi connectivity index (χ0) is 13.8. The zero-order valence-corrected chi connectivity index (χ0v) is 12.7. The van der Waals surface area contributed by atoms with Gasteiger partial charge in [0.15, 0.2) is 10.6 Å². The van der Waals surface area contributed by atoms with Crippen LogP contribution in [-0.2, 0) is 13.1 Å². The predicted molar refractivity (Wildman–Crippen MR) is 78.4 cm³/mol. The van der Waals surface area contributed by atoms with E-state index in [2.05, 4.69) is 31.4 Å². The van der Waals surface area contributed by atoms with Gasteiger partial charge in [0.2, 0.25) is 0 Å². The van der Waals surface area contributed by atoms with Crippen molar-refractivity contribution in [1.29, 1.82) is 0 Å². The number of benzene rings is 1. The van der Waals surface area contributed by atoms with Crippen molar-refractivity contribution in [3.63, 3.8) is 0 Å². The van der Waals surface area contributed by atoms with Crippen LogP contribution in [0.2, 0.25) is 0 Å². The lowest BCUT2D eigenvalue weighted by Crippen LogP contribution is -2.24. The number of H-pyrrole nitrogens is 1. The van der Waals surface area contributed by atoms with E-state index in [-0.39, 0.29) is 5.91 Å². The topological polar surface area (TPSA) is 62.7 Å². The smallest absolute Gasteiger partial charge is 0.251 e. The molecule has 1 aromatic carbocycles. The molecule has 7 heteroatoms. The van der Waals surface area contributed by atoms with Gasteiger partial charge in [-0.25, -0.2) is 0 Å². The number of rotatable bonds is 4. The van der Waals surface area contributed by atoms with Crippen molar-refractivity contribution < 1.29 is 4.79 Å². The number of aromatic amines is 1. The Balaban J connectivity index is 2.04. The molecule has 0 aliphatic rings. The van der Waals surface area contributed by atoms with E-state index >= 15 is 0 Å². The number of nitrogens with one attached hydrogen (secondary N) is 2. The summed E-state index contributed by atoms with van der Waals surface area (Å²) in [5.41, 5.74) is 0.611. The van der Waals surface area contributed by atoms with Crippen molar-refractivity contribution in [3.05, 3.63) is 44.9 Å². The molecule has 0 saturated heterocycles. The largest absolute Gasteiger partial charge is 0.345 e. The highest BCUT2D eigenvalue weighted by Crippen LogP contribution is 2.10. The first-order chi connectivity index (χ1) is 9.11. The van der Waals surface area contributed by atoms with E-state index in [1.165, 1.54) is 0 Å². The van der Waals surface area contributed by atoms with Crippen LogP contribution in [0.5, 0.6) is 0 Å². The molecular formula is C12H13BrN4OS. The Morgan fingerprint density at radius 1 is 1.47 bits per heavy atom.